The molecule has 0 fully saturated rings. The number of benzene rings is 2. The molecular formula is C14H13ClN2O3. The second-order valence-electron chi connectivity index (χ2n) is 4.12. The van der Waals surface area contributed by atoms with Crippen LogP contribution in [-0.2, 0) is 6.54 Å². The quantitative estimate of drug-likeness (QED) is 0.671. The molecule has 20 heavy (non-hydrogen) atoms. The maximum atomic E-state index is 11.0. The SMILES string of the molecule is COc1ccc([N+](=O)[O-])c(NCc2ccc(Cl)cc2)c1. The molecular weight excluding hydrogens is 280 g/mol. The fraction of sp³-hybridized carbons (Fsp3) is 0.143. The molecule has 0 heterocycles. The van der Waals surface area contributed by atoms with Crippen LogP contribution in [0.15, 0.2) is 42.5 Å². The number of halogens is 1. The molecule has 5 nitrogen and oxygen atoms in total. The van der Waals surface area contributed by atoms with E-state index >= 15 is 0 Å². The summed E-state index contributed by atoms with van der Waals surface area (Å²) in [6, 6.07) is 11.9. The van der Waals surface area contributed by atoms with E-state index in [-0.39, 0.29) is 5.69 Å². The Bertz CT molecular complexity index is 614. The van der Waals surface area contributed by atoms with Crippen LogP contribution in [0.3, 0.4) is 0 Å². The molecule has 104 valence electrons. The number of rotatable bonds is 5. The van der Waals surface area contributed by atoms with Crippen LogP contribution >= 0.6 is 11.6 Å². The van der Waals surface area contributed by atoms with Crippen molar-refractivity contribution in [3.05, 3.63) is 63.2 Å². The third-order valence-electron chi connectivity index (χ3n) is 2.80. The van der Waals surface area contributed by atoms with Crippen molar-refractivity contribution in [2.75, 3.05) is 12.4 Å². The van der Waals surface area contributed by atoms with Gasteiger partial charge in [-0.1, -0.05) is 23.7 Å². The van der Waals surface area contributed by atoms with Crippen molar-refractivity contribution in [1.29, 1.82) is 0 Å². The number of nitro groups is 1. The van der Waals surface area contributed by atoms with Crippen molar-refractivity contribution in [1.82, 2.24) is 0 Å². The first-order valence-electron chi connectivity index (χ1n) is 5.91. The first-order chi connectivity index (χ1) is 9.60. The zero-order chi connectivity index (χ0) is 14.5. The fourth-order valence-electron chi connectivity index (χ4n) is 1.74. The highest BCUT2D eigenvalue weighted by Crippen LogP contribution is 2.29. The molecule has 0 amide bonds. The number of nitrogens with one attached hydrogen (secondary N) is 1. The second kappa shape index (κ2) is 6.25. The first-order valence-corrected chi connectivity index (χ1v) is 6.28. The zero-order valence-electron chi connectivity index (χ0n) is 10.8. The molecule has 0 bridgehead atoms. The average molecular weight is 293 g/mol. The number of nitro benzene ring substituents is 1. The van der Waals surface area contributed by atoms with Gasteiger partial charge in [0, 0.05) is 23.7 Å². The van der Waals surface area contributed by atoms with Crippen LogP contribution < -0.4 is 10.1 Å². The molecule has 0 radical (unpaired) electrons. The van der Waals surface area contributed by atoms with Crippen molar-refractivity contribution in [3.63, 3.8) is 0 Å². The lowest BCUT2D eigenvalue weighted by atomic mass is 10.2. The van der Waals surface area contributed by atoms with E-state index in [9.17, 15) is 10.1 Å². The van der Waals surface area contributed by atoms with Gasteiger partial charge in [-0.25, -0.2) is 0 Å². The smallest absolute Gasteiger partial charge is 0.292 e. The lowest BCUT2D eigenvalue weighted by molar-refractivity contribution is -0.384. The Balaban J connectivity index is 2.18. The molecule has 0 saturated carbocycles. The maximum absolute atomic E-state index is 11.0. The van der Waals surface area contributed by atoms with Crippen molar-refractivity contribution >= 4 is 23.0 Å². The van der Waals surface area contributed by atoms with Gasteiger partial charge < -0.3 is 10.1 Å². The normalized spacial score (nSPS) is 10.1. The Morgan fingerprint density at radius 1 is 1.25 bits per heavy atom. The first kappa shape index (κ1) is 14.1. The Kier molecular flexibility index (Phi) is 4.42. The molecule has 0 aliphatic carbocycles. The van der Waals surface area contributed by atoms with Gasteiger partial charge in [0.1, 0.15) is 11.4 Å². The minimum atomic E-state index is -0.427. The summed E-state index contributed by atoms with van der Waals surface area (Å²) < 4.78 is 5.08. The van der Waals surface area contributed by atoms with Crippen LogP contribution in [-0.4, -0.2) is 12.0 Å². The molecule has 2 rings (SSSR count). The summed E-state index contributed by atoms with van der Waals surface area (Å²) >= 11 is 5.81. The number of hydrogen-bond acceptors (Lipinski definition) is 4. The number of nitrogens with zero attached hydrogens (tertiary/aromatic N) is 1. The van der Waals surface area contributed by atoms with Gasteiger partial charge in [0.05, 0.1) is 12.0 Å². The molecule has 6 heteroatoms. The Morgan fingerprint density at radius 2 is 1.95 bits per heavy atom. The fourth-order valence-corrected chi connectivity index (χ4v) is 1.87. The van der Waals surface area contributed by atoms with Gasteiger partial charge in [0.15, 0.2) is 0 Å². The summed E-state index contributed by atoms with van der Waals surface area (Å²) in [5.74, 6) is 0.564. The number of anilines is 1. The van der Waals surface area contributed by atoms with Gasteiger partial charge in [-0.3, -0.25) is 10.1 Å². The Labute approximate surface area is 121 Å². The van der Waals surface area contributed by atoms with Gasteiger partial charge in [-0.05, 0) is 23.8 Å². The third kappa shape index (κ3) is 3.39. The molecule has 0 aliphatic heterocycles. The van der Waals surface area contributed by atoms with Crippen molar-refractivity contribution in [2.45, 2.75) is 6.54 Å². The molecule has 1 N–H and O–H groups in total. The standard InChI is InChI=1S/C14H13ClN2O3/c1-20-12-6-7-14(17(18)19)13(8-12)16-9-10-2-4-11(15)5-3-10/h2-8,16H,9H2,1H3. The Hall–Kier alpha value is -2.27. The third-order valence-corrected chi connectivity index (χ3v) is 3.05. The van der Waals surface area contributed by atoms with Gasteiger partial charge >= 0.3 is 0 Å². The molecule has 0 aromatic heterocycles. The number of methoxy groups -OCH3 is 1. The van der Waals surface area contributed by atoms with Crippen LogP contribution in [0.5, 0.6) is 5.75 Å². The number of ether oxygens (including phenoxy) is 1. The monoisotopic (exact) mass is 292 g/mol. The maximum Gasteiger partial charge on any atom is 0.292 e. The van der Waals surface area contributed by atoms with Crippen molar-refractivity contribution < 1.29 is 9.66 Å². The summed E-state index contributed by atoms with van der Waals surface area (Å²) in [5.41, 5.74) is 1.41. The largest absolute Gasteiger partial charge is 0.497 e. The number of hydrogen-bond donors (Lipinski definition) is 1. The minimum Gasteiger partial charge on any atom is -0.497 e. The van der Waals surface area contributed by atoms with Gasteiger partial charge in [0.25, 0.3) is 5.69 Å². The van der Waals surface area contributed by atoms with E-state index in [4.69, 9.17) is 16.3 Å². The van der Waals surface area contributed by atoms with Crippen LogP contribution in [0.2, 0.25) is 5.02 Å². The van der Waals surface area contributed by atoms with Crippen molar-refractivity contribution in [3.8, 4) is 5.75 Å². The molecule has 0 atom stereocenters. The zero-order valence-corrected chi connectivity index (χ0v) is 11.6. The average Bonchev–Trinajstić information content (AvgIpc) is 2.46. The highest BCUT2D eigenvalue weighted by atomic mass is 35.5. The van der Waals surface area contributed by atoms with Crippen LogP contribution in [0.1, 0.15) is 5.56 Å². The van der Waals surface area contributed by atoms with E-state index in [0.717, 1.165) is 5.56 Å². The van der Waals surface area contributed by atoms with Crippen LogP contribution in [0.25, 0.3) is 0 Å². The minimum absolute atomic E-state index is 0.0137. The van der Waals surface area contributed by atoms with Crippen molar-refractivity contribution in [2.24, 2.45) is 0 Å². The van der Waals surface area contributed by atoms with Crippen LogP contribution in [0.4, 0.5) is 11.4 Å². The van der Waals surface area contributed by atoms with Gasteiger partial charge in [-0.15, -0.1) is 0 Å². The summed E-state index contributed by atoms with van der Waals surface area (Å²) in [6.07, 6.45) is 0. The lowest BCUT2D eigenvalue weighted by Gasteiger charge is -2.09. The molecule has 0 aliphatic rings. The summed E-state index contributed by atoms with van der Waals surface area (Å²) in [7, 11) is 1.52. The summed E-state index contributed by atoms with van der Waals surface area (Å²) in [4.78, 5) is 10.6. The van der Waals surface area contributed by atoms with Gasteiger partial charge in [0.2, 0.25) is 0 Å². The van der Waals surface area contributed by atoms with E-state index in [0.29, 0.717) is 23.0 Å². The molecule has 0 unspecified atom stereocenters. The molecule has 0 spiro atoms. The van der Waals surface area contributed by atoms with Crippen LogP contribution in [0, 0.1) is 10.1 Å². The predicted molar refractivity (Wildman–Crippen MR) is 78.4 cm³/mol. The van der Waals surface area contributed by atoms with E-state index in [1.807, 2.05) is 12.1 Å². The second-order valence-corrected chi connectivity index (χ2v) is 4.56. The summed E-state index contributed by atoms with van der Waals surface area (Å²) in [5, 5.41) is 14.7. The van der Waals surface area contributed by atoms with E-state index < -0.39 is 4.92 Å². The lowest BCUT2D eigenvalue weighted by Crippen LogP contribution is -2.03. The highest BCUT2D eigenvalue weighted by Gasteiger charge is 2.14. The topological polar surface area (TPSA) is 64.4 Å². The predicted octanol–water partition coefficient (Wildman–Crippen LogP) is 3.87. The Morgan fingerprint density at radius 3 is 2.55 bits per heavy atom. The highest BCUT2D eigenvalue weighted by molar-refractivity contribution is 6.30. The molecule has 0 saturated heterocycles. The van der Waals surface area contributed by atoms with E-state index in [1.54, 1.807) is 24.3 Å². The molecule has 2 aromatic rings. The van der Waals surface area contributed by atoms with E-state index in [1.165, 1.54) is 13.2 Å². The van der Waals surface area contributed by atoms with Gasteiger partial charge in [-0.2, -0.15) is 0 Å². The molecule has 2 aromatic carbocycles. The van der Waals surface area contributed by atoms with E-state index in [2.05, 4.69) is 5.32 Å². The summed E-state index contributed by atoms with van der Waals surface area (Å²) in [6.45, 7) is 0.463.